The summed E-state index contributed by atoms with van der Waals surface area (Å²) in [6.07, 6.45) is 8.01. The Balaban J connectivity index is 2.11. The summed E-state index contributed by atoms with van der Waals surface area (Å²) in [5.41, 5.74) is 1.00. The van der Waals surface area contributed by atoms with Crippen molar-refractivity contribution in [2.45, 2.75) is 63.3 Å². The van der Waals surface area contributed by atoms with Crippen LogP contribution in [-0.2, 0) is 14.8 Å². The van der Waals surface area contributed by atoms with Crippen LogP contribution in [0.1, 0.15) is 51.0 Å². The van der Waals surface area contributed by atoms with Crippen LogP contribution in [-0.4, -0.2) is 50.4 Å². The average Bonchev–Trinajstić information content (AvgIpc) is 2.91. The third-order valence-electron chi connectivity index (χ3n) is 5.39. The molecule has 1 N–H and O–H groups in total. The predicted octanol–water partition coefficient (Wildman–Crippen LogP) is 3.82. The molecule has 0 aliphatic carbocycles. The van der Waals surface area contributed by atoms with Gasteiger partial charge in [0.05, 0.1) is 4.90 Å². The van der Waals surface area contributed by atoms with E-state index in [0.717, 1.165) is 43.7 Å². The lowest BCUT2D eigenvalue weighted by Crippen LogP contribution is -2.49. The predicted molar refractivity (Wildman–Crippen MR) is 117 cm³/mol. The van der Waals surface area contributed by atoms with Gasteiger partial charge < -0.3 is 4.90 Å². The molecule has 1 aliphatic rings. The van der Waals surface area contributed by atoms with Crippen molar-refractivity contribution in [3.63, 3.8) is 0 Å². The Bertz CT molecular complexity index is 720. The Labute approximate surface area is 174 Å². The largest absolute Gasteiger partial charge is 0.341 e. The zero-order valence-corrected chi connectivity index (χ0v) is 18.9. The van der Waals surface area contributed by atoms with Crippen molar-refractivity contribution in [1.29, 1.82) is 0 Å². The average molecular weight is 427 g/mol. The summed E-state index contributed by atoms with van der Waals surface area (Å²) in [5, 5.41) is 0. The molecule has 2 unspecified atom stereocenters. The summed E-state index contributed by atoms with van der Waals surface area (Å²) in [4.78, 5) is 15.3. The summed E-state index contributed by atoms with van der Waals surface area (Å²) < 4.78 is 28.3. The van der Waals surface area contributed by atoms with Crippen molar-refractivity contribution in [2.24, 2.45) is 5.92 Å². The van der Waals surface area contributed by atoms with Gasteiger partial charge in [-0.3, -0.25) is 4.79 Å². The third kappa shape index (κ3) is 6.78. The summed E-state index contributed by atoms with van der Waals surface area (Å²) >= 11 is 1.62. The minimum atomic E-state index is -3.73. The van der Waals surface area contributed by atoms with Gasteiger partial charge in [0.15, 0.2) is 0 Å². The lowest BCUT2D eigenvalue weighted by molar-refractivity contribution is -0.133. The molecule has 0 aromatic heterocycles. The van der Waals surface area contributed by atoms with Gasteiger partial charge in [0.2, 0.25) is 15.9 Å². The van der Waals surface area contributed by atoms with Gasteiger partial charge in [-0.2, -0.15) is 16.5 Å². The minimum Gasteiger partial charge on any atom is -0.341 e. The second kappa shape index (κ2) is 11.2. The number of likely N-dealkylation sites (tertiary alicyclic amines) is 1. The number of hydrogen-bond acceptors (Lipinski definition) is 4. The number of rotatable bonds is 9. The van der Waals surface area contributed by atoms with Gasteiger partial charge in [-0.15, -0.1) is 0 Å². The van der Waals surface area contributed by atoms with Gasteiger partial charge in [-0.1, -0.05) is 37.5 Å². The molecule has 28 heavy (non-hydrogen) atoms. The van der Waals surface area contributed by atoms with Crippen LogP contribution in [0.3, 0.4) is 0 Å². The van der Waals surface area contributed by atoms with E-state index < -0.39 is 16.1 Å². The highest BCUT2D eigenvalue weighted by Gasteiger charge is 2.30. The Morgan fingerprint density at radius 3 is 2.61 bits per heavy atom. The van der Waals surface area contributed by atoms with Gasteiger partial charge in [0, 0.05) is 13.1 Å². The Hall–Kier alpha value is -1.05. The molecule has 7 heteroatoms. The topological polar surface area (TPSA) is 66.5 Å². The molecule has 0 bridgehead atoms. The molecule has 0 saturated carbocycles. The molecule has 1 fully saturated rings. The SMILES string of the molecule is CCCC1CCCN(C(=O)C(CCSC)NS(=O)(=O)c2ccc(C)cc2)CC1. The molecule has 2 atom stereocenters. The van der Waals surface area contributed by atoms with Crippen molar-refractivity contribution >= 4 is 27.7 Å². The number of sulfonamides is 1. The second-order valence-corrected chi connectivity index (χ2v) is 10.4. The standard InChI is InChI=1S/C21H34N2O3S2/c1-4-6-18-7-5-14-23(15-12-18)21(24)20(13-16-27-3)22-28(25,26)19-10-8-17(2)9-11-19/h8-11,18,20,22H,4-7,12-16H2,1-3H3. The number of benzene rings is 1. The fourth-order valence-electron chi connectivity index (χ4n) is 3.74. The zero-order chi connectivity index (χ0) is 20.6. The summed E-state index contributed by atoms with van der Waals surface area (Å²) in [6, 6.07) is 6.03. The second-order valence-electron chi connectivity index (χ2n) is 7.68. The van der Waals surface area contributed by atoms with Gasteiger partial charge >= 0.3 is 0 Å². The number of aryl methyl sites for hydroxylation is 1. The zero-order valence-electron chi connectivity index (χ0n) is 17.3. The lowest BCUT2D eigenvalue weighted by atomic mass is 9.96. The Kier molecular flexibility index (Phi) is 9.31. The molecule has 0 radical (unpaired) electrons. The first-order valence-corrected chi connectivity index (χ1v) is 13.1. The smallest absolute Gasteiger partial charge is 0.241 e. The molecular formula is C21H34N2O3S2. The van der Waals surface area contributed by atoms with Gasteiger partial charge in [-0.05, 0) is 62.7 Å². The maximum absolute atomic E-state index is 13.2. The van der Waals surface area contributed by atoms with Crippen LogP contribution in [0.2, 0.25) is 0 Å². The first-order valence-electron chi connectivity index (χ1n) is 10.2. The van der Waals surface area contributed by atoms with E-state index >= 15 is 0 Å². The van der Waals surface area contributed by atoms with Gasteiger partial charge in [-0.25, -0.2) is 8.42 Å². The van der Waals surface area contributed by atoms with Crippen LogP contribution in [0.25, 0.3) is 0 Å². The molecule has 1 heterocycles. The fourth-order valence-corrected chi connectivity index (χ4v) is 5.44. The van der Waals surface area contributed by atoms with Crippen LogP contribution in [0.15, 0.2) is 29.2 Å². The molecule has 5 nitrogen and oxygen atoms in total. The first kappa shape index (κ1) is 23.2. The van der Waals surface area contributed by atoms with Crippen molar-refractivity contribution in [3.8, 4) is 0 Å². The number of carbonyl (C=O) groups is 1. The number of hydrogen-bond donors (Lipinski definition) is 1. The normalized spacial score (nSPS) is 19.2. The van der Waals surface area contributed by atoms with Crippen LogP contribution < -0.4 is 4.72 Å². The molecule has 0 spiro atoms. The summed E-state index contributed by atoms with van der Waals surface area (Å²) in [7, 11) is -3.73. The number of nitrogens with one attached hydrogen (secondary N) is 1. The van der Waals surface area contributed by atoms with Gasteiger partial charge in [0.1, 0.15) is 6.04 Å². The number of carbonyl (C=O) groups excluding carboxylic acids is 1. The maximum Gasteiger partial charge on any atom is 0.241 e. The van der Waals surface area contributed by atoms with E-state index in [1.54, 1.807) is 36.0 Å². The van der Waals surface area contributed by atoms with E-state index in [4.69, 9.17) is 0 Å². The Morgan fingerprint density at radius 2 is 1.96 bits per heavy atom. The molecule has 1 aromatic rings. The molecule has 1 aliphatic heterocycles. The van der Waals surface area contributed by atoms with Crippen molar-refractivity contribution < 1.29 is 13.2 Å². The maximum atomic E-state index is 13.2. The first-order chi connectivity index (χ1) is 13.4. The van der Waals surface area contributed by atoms with E-state index in [1.165, 1.54) is 12.8 Å². The number of nitrogens with zero attached hydrogens (tertiary/aromatic N) is 1. The van der Waals surface area contributed by atoms with Crippen molar-refractivity contribution in [3.05, 3.63) is 29.8 Å². The summed E-state index contributed by atoms with van der Waals surface area (Å²) in [5.74, 6) is 1.33. The molecule has 1 aromatic carbocycles. The lowest BCUT2D eigenvalue weighted by Gasteiger charge is -2.27. The van der Waals surface area contributed by atoms with Crippen molar-refractivity contribution in [1.82, 2.24) is 9.62 Å². The number of thioether (sulfide) groups is 1. The molecule has 1 saturated heterocycles. The van der Waals surface area contributed by atoms with Crippen molar-refractivity contribution in [2.75, 3.05) is 25.1 Å². The number of amides is 1. The monoisotopic (exact) mass is 426 g/mol. The highest BCUT2D eigenvalue weighted by atomic mass is 32.2. The molecule has 2 rings (SSSR count). The van der Waals surface area contributed by atoms with Gasteiger partial charge in [0.25, 0.3) is 0 Å². The van der Waals surface area contributed by atoms with Crippen LogP contribution >= 0.6 is 11.8 Å². The molecular weight excluding hydrogens is 392 g/mol. The van der Waals surface area contributed by atoms with Crippen LogP contribution in [0, 0.1) is 12.8 Å². The minimum absolute atomic E-state index is 0.0816. The third-order valence-corrected chi connectivity index (χ3v) is 7.53. The molecule has 158 valence electrons. The van der Waals surface area contributed by atoms with E-state index in [2.05, 4.69) is 11.6 Å². The van der Waals surface area contributed by atoms with Crippen LogP contribution in [0.5, 0.6) is 0 Å². The van der Waals surface area contributed by atoms with E-state index in [9.17, 15) is 13.2 Å². The van der Waals surface area contributed by atoms with E-state index in [0.29, 0.717) is 12.3 Å². The molecule has 1 amide bonds. The quantitative estimate of drug-likeness (QED) is 0.652. The van der Waals surface area contributed by atoms with E-state index in [1.807, 2.05) is 18.1 Å². The van der Waals surface area contributed by atoms with E-state index in [-0.39, 0.29) is 10.8 Å². The van der Waals surface area contributed by atoms with Crippen LogP contribution in [0.4, 0.5) is 0 Å². The Morgan fingerprint density at radius 1 is 1.25 bits per heavy atom. The summed E-state index contributed by atoms with van der Waals surface area (Å²) in [6.45, 7) is 5.57. The highest BCUT2D eigenvalue weighted by Crippen LogP contribution is 2.23. The fraction of sp³-hybridized carbons (Fsp3) is 0.667. The highest BCUT2D eigenvalue weighted by molar-refractivity contribution is 7.98.